The summed E-state index contributed by atoms with van der Waals surface area (Å²) in [5.41, 5.74) is 2.27. The van der Waals surface area contributed by atoms with Crippen LogP contribution in [0.15, 0.2) is 16.6 Å². The molecule has 2 heterocycles. The second kappa shape index (κ2) is 6.39. The van der Waals surface area contributed by atoms with Crippen LogP contribution in [0.1, 0.15) is 23.2 Å². The van der Waals surface area contributed by atoms with Crippen molar-refractivity contribution in [1.82, 2.24) is 14.7 Å². The van der Waals surface area contributed by atoms with E-state index >= 15 is 0 Å². The molecular formula is C13H17BrClN3S. The minimum Gasteiger partial charge on any atom is -0.295 e. The molecule has 0 bridgehead atoms. The summed E-state index contributed by atoms with van der Waals surface area (Å²) in [5.74, 6) is 0. The highest BCUT2D eigenvalue weighted by molar-refractivity contribution is 9.10. The van der Waals surface area contributed by atoms with Gasteiger partial charge in [-0.2, -0.15) is 5.10 Å². The van der Waals surface area contributed by atoms with Crippen molar-refractivity contribution in [3.63, 3.8) is 0 Å². The van der Waals surface area contributed by atoms with Crippen LogP contribution < -0.4 is 0 Å². The number of aromatic nitrogens is 2. The Morgan fingerprint density at radius 1 is 1.42 bits per heavy atom. The molecule has 0 saturated heterocycles. The van der Waals surface area contributed by atoms with Gasteiger partial charge in [-0.15, -0.1) is 11.3 Å². The van der Waals surface area contributed by atoms with E-state index in [1.54, 1.807) is 11.3 Å². The molecule has 0 aliphatic heterocycles. The van der Waals surface area contributed by atoms with Gasteiger partial charge in [0, 0.05) is 24.5 Å². The highest BCUT2D eigenvalue weighted by Gasteiger charge is 2.14. The second-order valence-corrected chi connectivity index (χ2v) is 7.13. The van der Waals surface area contributed by atoms with Crippen molar-refractivity contribution in [2.75, 3.05) is 7.05 Å². The quantitative estimate of drug-likeness (QED) is 0.790. The van der Waals surface area contributed by atoms with Gasteiger partial charge >= 0.3 is 0 Å². The number of thiophene rings is 1. The Balaban J connectivity index is 2.08. The van der Waals surface area contributed by atoms with E-state index in [1.165, 1.54) is 10.6 Å². The Morgan fingerprint density at radius 2 is 2.16 bits per heavy atom. The molecule has 0 atom stereocenters. The molecule has 0 spiro atoms. The monoisotopic (exact) mass is 361 g/mol. The molecule has 0 N–H and O–H groups in total. The third-order valence-corrected chi connectivity index (χ3v) is 5.17. The van der Waals surface area contributed by atoms with Crippen LogP contribution >= 0.6 is 38.9 Å². The van der Waals surface area contributed by atoms with E-state index in [9.17, 15) is 0 Å². The minimum atomic E-state index is 0.846. The first kappa shape index (κ1) is 15.0. The third-order valence-electron chi connectivity index (χ3n) is 2.93. The van der Waals surface area contributed by atoms with Gasteiger partial charge in [-0.05, 0) is 49.0 Å². The lowest BCUT2D eigenvalue weighted by molar-refractivity contribution is 0.309. The minimum absolute atomic E-state index is 0.846. The summed E-state index contributed by atoms with van der Waals surface area (Å²) in [7, 11) is 2.11. The first-order chi connectivity index (χ1) is 9.01. The molecular weight excluding hydrogens is 346 g/mol. The SMILES string of the molecule is CCn1nc(C)c(Br)c1CN(C)Cc1ccc(Cl)s1. The predicted octanol–water partition coefficient (Wildman–Crippen LogP) is 4.32. The van der Waals surface area contributed by atoms with Gasteiger partial charge < -0.3 is 0 Å². The van der Waals surface area contributed by atoms with Crippen molar-refractivity contribution >= 4 is 38.9 Å². The molecule has 0 aliphatic rings. The van der Waals surface area contributed by atoms with Gasteiger partial charge in [0.2, 0.25) is 0 Å². The summed E-state index contributed by atoms with van der Waals surface area (Å²) in [5, 5.41) is 4.52. The molecule has 2 aromatic heterocycles. The summed E-state index contributed by atoms with van der Waals surface area (Å²) in [6.45, 7) is 6.79. The van der Waals surface area contributed by atoms with Gasteiger partial charge in [0.05, 0.1) is 20.2 Å². The lowest BCUT2D eigenvalue weighted by atomic mass is 10.3. The highest BCUT2D eigenvalue weighted by atomic mass is 79.9. The molecule has 6 heteroatoms. The van der Waals surface area contributed by atoms with E-state index in [4.69, 9.17) is 11.6 Å². The topological polar surface area (TPSA) is 21.1 Å². The van der Waals surface area contributed by atoms with E-state index in [2.05, 4.69) is 50.6 Å². The van der Waals surface area contributed by atoms with E-state index in [0.717, 1.165) is 34.1 Å². The maximum atomic E-state index is 5.96. The number of hydrogen-bond acceptors (Lipinski definition) is 3. The molecule has 104 valence electrons. The van der Waals surface area contributed by atoms with Crippen LogP contribution in [0.5, 0.6) is 0 Å². The second-order valence-electron chi connectivity index (χ2n) is 4.54. The lowest BCUT2D eigenvalue weighted by Gasteiger charge is -2.16. The molecule has 3 nitrogen and oxygen atoms in total. The van der Waals surface area contributed by atoms with Crippen molar-refractivity contribution in [2.45, 2.75) is 33.5 Å². The molecule has 2 aromatic rings. The van der Waals surface area contributed by atoms with Crippen molar-refractivity contribution in [1.29, 1.82) is 0 Å². The fourth-order valence-corrected chi connectivity index (χ4v) is 3.61. The van der Waals surface area contributed by atoms with Crippen molar-refractivity contribution in [3.8, 4) is 0 Å². The summed E-state index contributed by atoms with van der Waals surface area (Å²) in [6.07, 6.45) is 0. The van der Waals surface area contributed by atoms with Crippen molar-refractivity contribution in [2.24, 2.45) is 0 Å². The molecule has 0 amide bonds. The van der Waals surface area contributed by atoms with Gasteiger partial charge in [0.25, 0.3) is 0 Å². The summed E-state index contributed by atoms with van der Waals surface area (Å²) >= 11 is 11.2. The van der Waals surface area contributed by atoms with Crippen molar-refractivity contribution in [3.05, 3.63) is 37.2 Å². The molecule has 0 aromatic carbocycles. The Kier molecular flexibility index (Phi) is 5.06. The van der Waals surface area contributed by atoms with Crippen LogP contribution in [0, 0.1) is 6.92 Å². The van der Waals surface area contributed by atoms with Gasteiger partial charge in [-0.3, -0.25) is 9.58 Å². The molecule has 0 unspecified atom stereocenters. The van der Waals surface area contributed by atoms with Crippen LogP contribution in [0.3, 0.4) is 0 Å². The molecule has 2 rings (SSSR count). The Morgan fingerprint density at radius 3 is 2.74 bits per heavy atom. The molecule has 0 saturated carbocycles. The summed E-state index contributed by atoms with van der Waals surface area (Å²) in [4.78, 5) is 3.55. The molecule has 19 heavy (non-hydrogen) atoms. The summed E-state index contributed by atoms with van der Waals surface area (Å²) < 4.78 is 4.02. The zero-order valence-corrected chi connectivity index (χ0v) is 14.4. The number of rotatable bonds is 5. The molecule has 0 radical (unpaired) electrons. The Bertz CT molecular complexity index is 564. The maximum Gasteiger partial charge on any atom is 0.0931 e. The van der Waals surface area contributed by atoms with Gasteiger partial charge in [0.15, 0.2) is 0 Å². The Labute approximate surface area is 131 Å². The van der Waals surface area contributed by atoms with Gasteiger partial charge in [-0.1, -0.05) is 11.6 Å². The van der Waals surface area contributed by atoms with Crippen molar-refractivity contribution < 1.29 is 0 Å². The highest BCUT2D eigenvalue weighted by Crippen LogP contribution is 2.25. The van der Waals surface area contributed by atoms with E-state index in [0.29, 0.717) is 0 Å². The van der Waals surface area contributed by atoms with E-state index in [-0.39, 0.29) is 0 Å². The fourth-order valence-electron chi connectivity index (χ4n) is 2.03. The van der Waals surface area contributed by atoms with E-state index in [1.807, 2.05) is 13.0 Å². The number of halogens is 2. The van der Waals surface area contributed by atoms with Crippen LogP contribution in [-0.2, 0) is 19.6 Å². The zero-order chi connectivity index (χ0) is 14.0. The fraction of sp³-hybridized carbons (Fsp3) is 0.462. The van der Waals surface area contributed by atoms with Gasteiger partial charge in [-0.25, -0.2) is 0 Å². The first-order valence-electron chi connectivity index (χ1n) is 6.15. The number of nitrogens with zero attached hydrogens (tertiary/aromatic N) is 3. The molecule has 0 aliphatic carbocycles. The van der Waals surface area contributed by atoms with Crippen LogP contribution in [0.2, 0.25) is 4.34 Å². The van der Waals surface area contributed by atoms with Crippen LogP contribution in [0.4, 0.5) is 0 Å². The first-order valence-corrected chi connectivity index (χ1v) is 8.14. The van der Waals surface area contributed by atoms with Crippen LogP contribution in [-0.4, -0.2) is 21.7 Å². The summed E-state index contributed by atoms with van der Waals surface area (Å²) in [6, 6.07) is 4.03. The third kappa shape index (κ3) is 3.60. The largest absolute Gasteiger partial charge is 0.295 e. The van der Waals surface area contributed by atoms with E-state index < -0.39 is 0 Å². The van der Waals surface area contributed by atoms with Gasteiger partial charge in [0.1, 0.15) is 0 Å². The smallest absolute Gasteiger partial charge is 0.0931 e. The standard InChI is InChI=1S/C13H17BrClN3S/c1-4-18-11(13(14)9(2)16-18)8-17(3)7-10-5-6-12(15)19-10/h5-6H,4,7-8H2,1-3H3. The average molecular weight is 363 g/mol. The normalized spacial score (nSPS) is 11.5. The molecule has 0 fully saturated rings. The number of hydrogen-bond donors (Lipinski definition) is 0. The Hall–Kier alpha value is -0.360. The lowest BCUT2D eigenvalue weighted by Crippen LogP contribution is -2.19. The number of aryl methyl sites for hydroxylation is 2. The average Bonchev–Trinajstić information content (AvgIpc) is 2.87. The maximum absolute atomic E-state index is 5.96. The van der Waals surface area contributed by atoms with Crippen LogP contribution in [0.25, 0.3) is 0 Å². The predicted molar refractivity (Wildman–Crippen MR) is 84.8 cm³/mol. The zero-order valence-electron chi connectivity index (χ0n) is 11.3.